The minimum Gasteiger partial charge on any atom is -0.299 e. The summed E-state index contributed by atoms with van der Waals surface area (Å²) in [5, 5.41) is 4.17. The van der Waals surface area contributed by atoms with Gasteiger partial charge in [-0.2, -0.15) is 23.1 Å². The number of carbonyl (C=O) groups is 1. The molecular formula is C10H14OS2. The summed E-state index contributed by atoms with van der Waals surface area (Å²) in [5.41, 5.74) is 1.29. The van der Waals surface area contributed by atoms with Crippen LogP contribution in [0.1, 0.15) is 18.9 Å². The van der Waals surface area contributed by atoms with E-state index in [0.717, 1.165) is 12.2 Å². The maximum atomic E-state index is 11.3. The Labute approximate surface area is 87.5 Å². The van der Waals surface area contributed by atoms with Gasteiger partial charge in [0.1, 0.15) is 5.78 Å². The second-order valence-corrected chi connectivity index (χ2v) is 4.86. The highest BCUT2D eigenvalue weighted by atomic mass is 32.2. The van der Waals surface area contributed by atoms with Gasteiger partial charge in [-0.1, -0.05) is 6.92 Å². The summed E-state index contributed by atoms with van der Waals surface area (Å²) in [7, 11) is 0. The summed E-state index contributed by atoms with van der Waals surface area (Å²) in [5.74, 6) is 2.09. The lowest BCUT2D eigenvalue weighted by molar-refractivity contribution is -0.116. The van der Waals surface area contributed by atoms with Crippen LogP contribution in [0.3, 0.4) is 0 Å². The Bertz CT molecular complexity index is 241. The SMILES string of the molecule is CCSCC(=O)CCc1ccsc1. The van der Waals surface area contributed by atoms with E-state index in [1.165, 1.54) is 5.56 Å². The Balaban J connectivity index is 2.15. The minimum absolute atomic E-state index is 0.373. The molecule has 0 aliphatic rings. The standard InChI is InChI=1S/C10H14OS2/c1-2-12-8-10(11)4-3-9-5-6-13-7-9/h5-7H,2-4,8H2,1H3. The molecule has 13 heavy (non-hydrogen) atoms. The third-order valence-corrected chi connectivity index (χ3v) is 3.41. The zero-order chi connectivity index (χ0) is 9.52. The normalized spacial score (nSPS) is 10.2. The average molecular weight is 214 g/mol. The van der Waals surface area contributed by atoms with Gasteiger partial charge in [-0.25, -0.2) is 0 Å². The summed E-state index contributed by atoms with van der Waals surface area (Å²) in [4.78, 5) is 11.3. The number of hydrogen-bond donors (Lipinski definition) is 0. The van der Waals surface area contributed by atoms with Gasteiger partial charge in [0, 0.05) is 6.42 Å². The Hall–Kier alpha value is -0.280. The minimum atomic E-state index is 0.373. The maximum Gasteiger partial charge on any atom is 0.143 e. The first kappa shape index (κ1) is 10.8. The Kier molecular flexibility index (Phi) is 5.16. The van der Waals surface area contributed by atoms with Gasteiger partial charge in [-0.15, -0.1) is 0 Å². The molecule has 0 aromatic carbocycles. The third kappa shape index (κ3) is 4.48. The number of aryl methyl sites for hydroxylation is 1. The van der Waals surface area contributed by atoms with Gasteiger partial charge in [0.15, 0.2) is 0 Å². The lowest BCUT2D eigenvalue weighted by atomic mass is 10.1. The Morgan fingerprint density at radius 2 is 2.46 bits per heavy atom. The predicted molar refractivity (Wildman–Crippen MR) is 60.6 cm³/mol. The number of thioether (sulfide) groups is 1. The van der Waals surface area contributed by atoms with Crippen molar-refractivity contribution < 1.29 is 4.79 Å². The monoisotopic (exact) mass is 214 g/mol. The van der Waals surface area contributed by atoms with Gasteiger partial charge in [0.25, 0.3) is 0 Å². The van der Waals surface area contributed by atoms with Crippen LogP contribution in [-0.2, 0) is 11.2 Å². The van der Waals surface area contributed by atoms with Gasteiger partial charge in [0.2, 0.25) is 0 Å². The molecular weight excluding hydrogens is 200 g/mol. The quantitative estimate of drug-likeness (QED) is 0.724. The highest BCUT2D eigenvalue weighted by Gasteiger charge is 2.02. The first-order chi connectivity index (χ1) is 6.33. The number of rotatable bonds is 6. The van der Waals surface area contributed by atoms with Crippen LogP contribution in [0.15, 0.2) is 16.8 Å². The third-order valence-electron chi connectivity index (χ3n) is 1.74. The van der Waals surface area contributed by atoms with Gasteiger partial charge < -0.3 is 0 Å². The molecule has 0 radical (unpaired) electrons. The van der Waals surface area contributed by atoms with Crippen molar-refractivity contribution in [3.05, 3.63) is 22.4 Å². The Morgan fingerprint density at radius 3 is 3.08 bits per heavy atom. The van der Waals surface area contributed by atoms with Crippen molar-refractivity contribution in [1.29, 1.82) is 0 Å². The molecule has 0 aliphatic carbocycles. The molecule has 0 amide bonds. The van der Waals surface area contributed by atoms with E-state index in [1.807, 2.05) is 0 Å². The van der Waals surface area contributed by atoms with Crippen LogP contribution in [0.5, 0.6) is 0 Å². The number of carbonyl (C=O) groups excluding carboxylic acids is 1. The second kappa shape index (κ2) is 6.22. The van der Waals surface area contributed by atoms with Crippen LogP contribution >= 0.6 is 23.1 Å². The summed E-state index contributed by atoms with van der Waals surface area (Å²) >= 11 is 3.40. The molecule has 0 aliphatic heterocycles. The summed E-state index contributed by atoms with van der Waals surface area (Å²) in [6.45, 7) is 2.08. The van der Waals surface area contributed by atoms with Crippen LogP contribution in [0.2, 0.25) is 0 Å². The lowest BCUT2D eigenvalue weighted by Gasteiger charge is -1.97. The predicted octanol–water partition coefficient (Wildman–Crippen LogP) is 3.00. The molecule has 1 rings (SSSR count). The van der Waals surface area contributed by atoms with E-state index in [2.05, 4.69) is 23.8 Å². The summed E-state index contributed by atoms with van der Waals surface area (Å²) < 4.78 is 0. The fourth-order valence-electron chi connectivity index (χ4n) is 1.01. The van der Waals surface area contributed by atoms with E-state index in [9.17, 15) is 4.79 Å². The van der Waals surface area contributed by atoms with Crippen molar-refractivity contribution in [1.82, 2.24) is 0 Å². The molecule has 1 nitrogen and oxygen atoms in total. The van der Waals surface area contributed by atoms with E-state index in [1.54, 1.807) is 23.1 Å². The fourth-order valence-corrected chi connectivity index (χ4v) is 2.29. The molecule has 0 unspecified atom stereocenters. The number of thiophene rings is 1. The van der Waals surface area contributed by atoms with Gasteiger partial charge in [-0.3, -0.25) is 4.79 Å². The zero-order valence-electron chi connectivity index (χ0n) is 7.79. The van der Waals surface area contributed by atoms with Crippen molar-refractivity contribution in [2.45, 2.75) is 19.8 Å². The molecule has 72 valence electrons. The van der Waals surface area contributed by atoms with Crippen molar-refractivity contribution >= 4 is 28.9 Å². The molecule has 1 aromatic rings. The highest BCUT2D eigenvalue weighted by Crippen LogP contribution is 2.09. The van der Waals surface area contributed by atoms with Crippen molar-refractivity contribution in [2.75, 3.05) is 11.5 Å². The largest absolute Gasteiger partial charge is 0.299 e. The van der Waals surface area contributed by atoms with Crippen molar-refractivity contribution in [3.63, 3.8) is 0 Å². The zero-order valence-corrected chi connectivity index (χ0v) is 9.42. The maximum absolute atomic E-state index is 11.3. The first-order valence-electron chi connectivity index (χ1n) is 4.43. The molecule has 1 aromatic heterocycles. The molecule has 0 bridgehead atoms. The van der Waals surface area contributed by atoms with Crippen LogP contribution in [0.25, 0.3) is 0 Å². The van der Waals surface area contributed by atoms with Crippen molar-refractivity contribution in [3.8, 4) is 0 Å². The van der Waals surface area contributed by atoms with Crippen molar-refractivity contribution in [2.24, 2.45) is 0 Å². The van der Waals surface area contributed by atoms with Gasteiger partial charge >= 0.3 is 0 Å². The van der Waals surface area contributed by atoms with Crippen LogP contribution < -0.4 is 0 Å². The lowest BCUT2D eigenvalue weighted by Crippen LogP contribution is -2.02. The molecule has 0 saturated heterocycles. The Morgan fingerprint density at radius 1 is 1.62 bits per heavy atom. The summed E-state index contributed by atoms with van der Waals surface area (Å²) in [6.07, 6.45) is 1.61. The highest BCUT2D eigenvalue weighted by molar-refractivity contribution is 7.99. The van der Waals surface area contributed by atoms with Crippen LogP contribution in [0, 0.1) is 0 Å². The number of Topliss-reactive ketones (excluding diaryl/α,β-unsaturated/α-hetero) is 1. The molecule has 0 N–H and O–H groups in total. The van der Waals surface area contributed by atoms with E-state index in [4.69, 9.17) is 0 Å². The first-order valence-corrected chi connectivity index (χ1v) is 6.53. The molecule has 0 fully saturated rings. The van der Waals surface area contributed by atoms with Crippen LogP contribution in [-0.4, -0.2) is 17.3 Å². The topological polar surface area (TPSA) is 17.1 Å². The number of ketones is 1. The summed E-state index contributed by atoms with van der Waals surface area (Å²) in [6, 6.07) is 2.09. The van der Waals surface area contributed by atoms with E-state index in [0.29, 0.717) is 18.0 Å². The fraction of sp³-hybridized carbons (Fsp3) is 0.500. The second-order valence-electron chi connectivity index (χ2n) is 2.81. The van der Waals surface area contributed by atoms with Gasteiger partial charge in [0.05, 0.1) is 5.75 Å². The molecule has 1 heterocycles. The average Bonchev–Trinajstić information content (AvgIpc) is 2.64. The van der Waals surface area contributed by atoms with Gasteiger partial charge in [-0.05, 0) is 34.6 Å². The smallest absolute Gasteiger partial charge is 0.143 e. The molecule has 0 spiro atoms. The van der Waals surface area contributed by atoms with E-state index < -0.39 is 0 Å². The number of hydrogen-bond acceptors (Lipinski definition) is 3. The molecule has 3 heteroatoms. The van der Waals surface area contributed by atoms with E-state index >= 15 is 0 Å². The van der Waals surface area contributed by atoms with Crippen LogP contribution in [0.4, 0.5) is 0 Å². The molecule has 0 atom stereocenters. The van der Waals surface area contributed by atoms with E-state index in [-0.39, 0.29) is 0 Å². The molecule has 0 saturated carbocycles.